The molecule has 0 amide bonds. The molecule has 0 fully saturated rings. The van der Waals surface area contributed by atoms with Crippen molar-refractivity contribution in [1.82, 2.24) is 4.98 Å². The predicted octanol–water partition coefficient (Wildman–Crippen LogP) is 3.36. The molecule has 0 radical (unpaired) electrons. The number of para-hydroxylation sites is 1. The second kappa shape index (κ2) is 6.08. The van der Waals surface area contributed by atoms with Crippen LogP contribution in [-0.2, 0) is 4.74 Å². The Morgan fingerprint density at radius 2 is 2.16 bits per heavy atom. The lowest BCUT2D eigenvalue weighted by Crippen LogP contribution is -2.06. The van der Waals surface area contributed by atoms with E-state index in [2.05, 4.69) is 20.9 Å². The number of carbonyl (C=O) groups is 1. The number of nitrogens with zero attached hydrogens (tertiary/aromatic N) is 1. The molecular formula is C13H11BrN2O2S. The molecule has 19 heavy (non-hydrogen) atoms. The SMILES string of the molecule is COC(=O)c1cccc(Sc2ncccc2Br)c1N. The second-order valence-corrected chi connectivity index (χ2v) is 5.49. The minimum Gasteiger partial charge on any atom is -0.465 e. The summed E-state index contributed by atoms with van der Waals surface area (Å²) in [6.07, 6.45) is 1.70. The highest BCUT2D eigenvalue weighted by Gasteiger charge is 2.14. The van der Waals surface area contributed by atoms with Crippen LogP contribution in [0.1, 0.15) is 10.4 Å². The Morgan fingerprint density at radius 1 is 1.37 bits per heavy atom. The summed E-state index contributed by atoms with van der Waals surface area (Å²) in [4.78, 5) is 16.6. The minimum absolute atomic E-state index is 0.361. The van der Waals surface area contributed by atoms with Crippen molar-refractivity contribution >= 4 is 39.3 Å². The largest absolute Gasteiger partial charge is 0.465 e. The number of halogens is 1. The van der Waals surface area contributed by atoms with E-state index in [0.29, 0.717) is 11.3 Å². The summed E-state index contributed by atoms with van der Waals surface area (Å²) in [6.45, 7) is 0. The maximum absolute atomic E-state index is 11.6. The van der Waals surface area contributed by atoms with E-state index in [1.165, 1.54) is 18.9 Å². The standard InChI is InChI=1S/C13H11BrN2O2S/c1-18-13(17)8-4-2-6-10(11(8)15)19-12-9(14)5-3-7-16-12/h2-7H,15H2,1H3. The third-order valence-electron chi connectivity index (χ3n) is 2.40. The zero-order valence-corrected chi connectivity index (χ0v) is 12.5. The number of benzene rings is 1. The first-order chi connectivity index (χ1) is 9.13. The summed E-state index contributed by atoms with van der Waals surface area (Å²) in [5, 5.41) is 0.788. The molecular weight excluding hydrogens is 328 g/mol. The van der Waals surface area contributed by atoms with Gasteiger partial charge in [0.15, 0.2) is 0 Å². The Kier molecular flexibility index (Phi) is 4.44. The highest BCUT2D eigenvalue weighted by molar-refractivity contribution is 9.10. The first-order valence-electron chi connectivity index (χ1n) is 5.38. The quantitative estimate of drug-likeness (QED) is 0.686. The zero-order valence-electron chi connectivity index (χ0n) is 10.1. The Bertz CT molecular complexity index is 619. The van der Waals surface area contributed by atoms with E-state index in [1.807, 2.05) is 18.2 Å². The smallest absolute Gasteiger partial charge is 0.339 e. The number of carbonyl (C=O) groups excluding carboxylic acids is 1. The predicted molar refractivity (Wildman–Crippen MR) is 78.3 cm³/mol. The van der Waals surface area contributed by atoms with E-state index in [-0.39, 0.29) is 0 Å². The number of anilines is 1. The number of ether oxygens (including phenoxy) is 1. The molecule has 0 saturated heterocycles. The van der Waals surface area contributed by atoms with Gasteiger partial charge in [-0.1, -0.05) is 17.8 Å². The molecule has 2 rings (SSSR count). The van der Waals surface area contributed by atoms with Gasteiger partial charge >= 0.3 is 5.97 Å². The lowest BCUT2D eigenvalue weighted by Gasteiger charge is -2.09. The van der Waals surface area contributed by atoms with Crippen molar-refractivity contribution in [2.45, 2.75) is 9.92 Å². The van der Waals surface area contributed by atoms with Crippen molar-refractivity contribution in [1.29, 1.82) is 0 Å². The van der Waals surface area contributed by atoms with Gasteiger partial charge in [0.1, 0.15) is 5.03 Å². The molecule has 0 saturated carbocycles. The van der Waals surface area contributed by atoms with Gasteiger partial charge in [0, 0.05) is 11.1 Å². The monoisotopic (exact) mass is 338 g/mol. The molecule has 1 aromatic heterocycles. The van der Waals surface area contributed by atoms with Crippen molar-refractivity contribution in [3.63, 3.8) is 0 Å². The van der Waals surface area contributed by atoms with Crippen molar-refractivity contribution in [2.24, 2.45) is 0 Å². The second-order valence-electron chi connectivity index (χ2n) is 3.60. The van der Waals surface area contributed by atoms with Gasteiger partial charge < -0.3 is 10.5 Å². The molecule has 0 unspecified atom stereocenters. The van der Waals surface area contributed by atoms with Gasteiger partial charge in [-0.05, 0) is 40.2 Å². The van der Waals surface area contributed by atoms with Crippen LogP contribution in [0.3, 0.4) is 0 Å². The summed E-state index contributed by atoms with van der Waals surface area (Å²) < 4.78 is 5.57. The summed E-state index contributed by atoms with van der Waals surface area (Å²) in [5.41, 5.74) is 6.75. The Hall–Kier alpha value is -1.53. The van der Waals surface area contributed by atoms with Crippen LogP contribution >= 0.6 is 27.7 Å². The maximum atomic E-state index is 11.6. The van der Waals surface area contributed by atoms with E-state index >= 15 is 0 Å². The summed E-state index contributed by atoms with van der Waals surface area (Å²) in [6, 6.07) is 8.98. The van der Waals surface area contributed by atoms with Gasteiger partial charge in [-0.25, -0.2) is 9.78 Å². The van der Waals surface area contributed by atoms with Gasteiger partial charge in [-0.15, -0.1) is 0 Å². The highest BCUT2D eigenvalue weighted by Crippen LogP contribution is 2.36. The molecule has 2 aromatic rings. The summed E-state index contributed by atoms with van der Waals surface area (Å²) in [5.74, 6) is -0.444. The van der Waals surface area contributed by atoms with Crippen molar-refractivity contribution in [2.75, 3.05) is 12.8 Å². The Morgan fingerprint density at radius 3 is 2.84 bits per heavy atom. The number of nitrogen functional groups attached to an aromatic ring is 1. The molecule has 4 nitrogen and oxygen atoms in total. The van der Waals surface area contributed by atoms with Crippen LogP contribution in [-0.4, -0.2) is 18.1 Å². The van der Waals surface area contributed by atoms with Crippen LogP contribution in [0.4, 0.5) is 5.69 Å². The van der Waals surface area contributed by atoms with E-state index in [9.17, 15) is 4.79 Å². The molecule has 1 aromatic carbocycles. The number of aromatic nitrogens is 1. The first-order valence-corrected chi connectivity index (χ1v) is 6.99. The molecule has 0 aliphatic rings. The fourth-order valence-corrected chi connectivity index (χ4v) is 2.82. The fraction of sp³-hybridized carbons (Fsp3) is 0.0769. The van der Waals surface area contributed by atoms with E-state index in [4.69, 9.17) is 10.5 Å². The highest BCUT2D eigenvalue weighted by atomic mass is 79.9. The lowest BCUT2D eigenvalue weighted by molar-refractivity contribution is 0.0601. The summed E-state index contributed by atoms with van der Waals surface area (Å²) in [7, 11) is 1.33. The van der Waals surface area contributed by atoms with Crippen LogP contribution in [0.5, 0.6) is 0 Å². The average molecular weight is 339 g/mol. The Labute approximate surface area is 123 Å². The molecule has 0 atom stereocenters. The van der Waals surface area contributed by atoms with E-state index in [1.54, 1.807) is 18.3 Å². The normalized spacial score (nSPS) is 10.2. The van der Waals surface area contributed by atoms with Crippen molar-refractivity contribution in [3.05, 3.63) is 46.6 Å². The zero-order chi connectivity index (χ0) is 13.8. The van der Waals surface area contributed by atoms with E-state index in [0.717, 1.165) is 14.4 Å². The molecule has 0 bridgehead atoms. The molecule has 0 aliphatic heterocycles. The third-order valence-corrected chi connectivity index (χ3v) is 4.40. The number of nitrogens with two attached hydrogens (primary N) is 1. The number of esters is 1. The molecule has 6 heteroatoms. The number of methoxy groups -OCH3 is 1. The summed E-state index contributed by atoms with van der Waals surface area (Å²) >= 11 is 4.82. The topological polar surface area (TPSA) is 65.2 Å². The number of pyridine rings is 1. The van der Waals surface area contributed by atoms with Gasteiger partial charge in [-0.3, -0.25) is 0 Å². The van der Waals surface area contributed by atoms with Gasteiger partial charge in [0.05, 0.1) is 22.8 Å². The Balaban J connectivity index is 2.37. The average Bonchev–Trinajstić information content (AvgIpc) is 2.42. The molecule has 1 heterocycles. The van der Waals surface area contributed by atoms with Crippen LogP contribution < -0.4 is 5.73 Å². The first kappa shape index (κ1) is 13.9. The number of hydrogen-bond donors (Lipinski definition) is 1. The maximum Gasteiger partial charge on any atom is 0.339 e. The number of hydrogen-bond acceptors (Lipinski definition) is 5. The minimum atomic E-state index is -0.444. The molecule has 0 aliphatic carbocycles. The van der Waals surface area contributed by atoms with Crippen LogP contribution in [0.2, 0.25) is 0 Å². The molecule has 0 spiro atoms. The van der Waals surface area contributed by atoms with Crippen molar-refractivity contribution < 1.29 is 9.53 Å². The molecule has 2 N–H and O–H groups in total. The van der Waals surface area contributed by atoms with Crippen LogP contribution in [0.25, 0.3) is 0 Å². The van der Waals surface area contributed by atoms with Crippen LogP contribution in [0.15, 0.2) is 50.9 Å². The molecule has 98 valence electrons. The van der Waals surface area contributed by atoms with Gasteiger partial charge in [0.25, 0.3) is 0 Å². The van der Waals surface area contributed by atoms with Gasteiger partial charge in [-0.2, -0.15) is 0 Å². The van der Waals surface area contributed by atoms with Gasteiger partial charge in [0.2, 0.25) is 0 Å². The lowest BCUT2D eigenvalue weighted by atomic mass is 10.2. The third kappa shape index (κ3) is 3.08. The van der Waals surface area contributed by atoms with E-state index < -0.39 is 5.97 Å². The number of rotatable bonds is 3. The van der Waals surface area contributed by atoms with Crippen molar-refractivity contribution in [3.8, 4) is 0 Å². The fourth-order valence-electron chi connectivity index (χ4n) is 1.47. The van der Waals surface area contributed by atoms with Crippen LogP contribution in [0, 0.1) is 0 Å².